The van der Waals surface area contributed by atoms with Crippen LogP contribution in [0.2, 0.25) is 0 Å². The van der Waals surface area contributed by atoms with Crippen LogP contribution in [0.15, 0.2) is 54.6 Å². The zero-order chi connectivity index (χ0) is 17.0. The quantitative estimate of drug-likeness (QED) is 0.816. The lowest BCUT2D eigenvalue weighted by Crippen LogP contribution is -2.51. The maximum Gasteiger partial charge on any atom is 0.279 e. The van der Waals surface area contributed by atoms with Gasteiger partial charge in [0.2, 0.25) is 0 Å². The highest BCUT2D eigenvalue weighted by atomic mass is 16.2. The summed E-state index contributed by atoms with van der Waals surface area (Å²) in [5.74, 6) is 0.0966. The summed E-state index contributed by atoms with van der Waals surface area (Å²) < 4.78 is 0.786. The van der Waals surface area contributed by atoms with E-state index in [4.69, 9.17) is 0 Å². The van der Waals surface area contributed by atoms with E-state index in [-0.39, 0.29) is 5.91 Å². The molecule has 1 fully saturated rings. The van der Waals surface area contributed by atoms with Crippen molar-refractivity contribution in [3.63, 3.8) is 0 Å². The van der Waals surface area contributed by atoms with Gasteiger partial charge in [-0.3, -0.25) is 4.79 Å². The van der Waals surface area contributed by atoms with Crippen LogP contribution in [0.5, 0.6) is 0 Å². The number of rotatable bonds is 5. The molecule has 0 aromatic heterocycles. The molecule has 1 saturated carbocycles. The van der Waals surface area contributed by atoms with Crippen molar-refractivity contribution in [2.75, 3.05) is 26.0 Å². The van der Waals surface area contributed by atoms with Crippen molar-refractivity contribution in [2.45, 2.75) is 31.7 Å². The molecule has 3 rings (SSSR count). The Hall–Kier alpha value is -2.13. The number of carbonyl (C=O) groups excluding carboxylic acids is 1. The summed E-state index contributed by atoms with van der Waals surface area (Å²) in [5, 5.41) is 3.05. The van der Waals surface area contributed by atoms with Crippen molar-refractivity contribution < 1.29 is 9.28 Å². The molecule has 2 aromatic carbocycles. The molecule has 1 aliphatic carbocycles. The second-order valence-corrected chi connectivity index (χ2v) is 7.37. The van der Waals surface area contributed by atoms with E-state index in [1.54, 1.807) is 0 Å². The first-order valence-corrected chi connectivity index (χ1v) is 8.83. The Morgan fingerprint density at radius 1 is 0.958 bits per heavy atom. The van der Waals surface area contributed by atoms with Crippen molar-refractivity contribution in [1.29, 1.82) is 0 Å². The van der Waals surface area contributed by atoms with Gasteiger partial charge in [0.25, 0.3) is 5.91 Å². The Bertz CT molecular complexity index is 671. The van der Waals surface area contributed by atoms with Crippen LogP contribution < -0.4 is 5.32 Å². The van der Waals surface area contributed by atoms with Gasteiger partial charge in [0.1, 0.15) is 0 Å². The minimum atomic E-state index is 0.0966. The molecule has 0 radical (unpaired) electrons. The van der Waals surface area contributed by atoms with Crippen molar-refractivity contribution in [2.24, 2.45) is 0 Å². The molecule has 0 atom stereocenters. The number of quaternary nitrogens is 1. The second-order valence-electron chi connectivity index (χ2n) is 7.37. The van der Waals surface area contributed by atoms with E-state index in [1.807, 2.05) is 30.3 Å². The van der Waals surface area contributed by atoms with E-state index in [0.29, 0.717) is 12.6 Å². The smallest absolute Gasteiger partial charge is 0.279 e. The number of benzene rings is 2. The van der Waals surface area contributed by atoms with E-state index < -0.39 is 0 Å². The molecule has 1 aliphatic rings. The van der Waals surface area contributed by atoms with Crippen LogP contribution in [-0.4, -0.2) is 37.1 Å². The Morgan fingerprint density at radius 2 is 1.54 bits per heavy atom. The van der Waals surface area contributed by atoms with Crippen LogP contribution in [0.1, 0.15) is 25.7 Å². The Labute approximate surface area is 144 Å². The van der Waals surface area contributed by atoms with Gasteiger partial charge in [0.15, 0.2) is 6.54 Å². The molecular weight excluding hydrogens is 296 g/mol. The third-order valence-corrected chi connectivity index (χ3v) is 5.14. The largest absolute Gasteiger partial charge is 0.321 e. The fourth-order valence-corrected chi connectivity index (χ4v) is 3.68. The highest BCUT2D eigenvalue weighted by Gasteiger charge is 2.32. The molecule has 2 aromatic rings. The molecule has 1 N–H and O–H groups in total. The standard InChI is InChI=1S/C21H26N2O/c1-23(2,20-10-6-7-11-20)16-21(24)22-19-14-12-18(13-15-19)17-8-4-3-5-9-17/h3-5,8-9,12-15,20H,6-7,10-11,16H2,1-2H3/p+1. The van der Waals surface area contributed by atoms with Gasteiger partial charge < -0.3 is 9.80 Å². The molecule has 24 heavy (non-hydrogen) atoms. The molecule has 0 saturated heterocycles. The summed E-state index contributed by atoms with van der Waals surface area (Å²) in [4.78, 5) is 12.4. The van der Waals surface area contributed by atoms with Gasteiger partial charge in [-0.1, -0.05) is 42.5 Å². The summed E-state index contributed by atoms with van der Waals surface area (Å²) in [6, 6.07) is 19.0. The van der Waals surface area contributed by atoms with Crippen LogP contribution in [-0.2, 0) is 4.79 Å². The Morgan fingerprint density at radius 3 is 2.17 bits per heavy atom. The Kier molecular flexibility index (Phi) is 5.00. The number of carbonyl (C=O) groups is 1. The average Bonchev–Trinajstić information content (AvgIpc) is 3.11. The lowest BCUT2D eigenvalue weighted by molar-refractivity contribution is -0.906. The molecule has 0 unspecified atom stereocenters. The van der Waals surface area contributed by atoms with Gasteiger partial charge in [-0.05, 0) is 48.9 Å². The fraction of sp³-hybridized carbons (Fsp3) is 0.381. The van der Waals surface area contributed by atoms with Gasteiger partial charge in [-0.25, -0.2) is 0 Å². The van der Waals surface area contributed by atoms with E-state index in [9.17, 15) is 4.79 Å². The number of likely N-dealkylation sites (N-methyl/N-ethyl adjacent to an activating group) is 1. The molecule has 3 heteroatoms. The van der Waals surface area contributed by atoms with Gasteiger partial charge in [-0.2, -0.15) is 0 Å². The third kappa shape index (κ3) is 4.04. The Balaban J connectivity index is 1.60. The van der Waals surface area contributed by atoms with Gasteiger partial charge in [0, 0.05) is 5.69 Å². The van der Waals surface area contributed by atoms with Crippen LogP contribution in [0, 0.1) is 0 Å². The zero-order valence-corrected chi connectivity index (χ0v) is 14.7. The SMILES string of the molecule is C[N+](C)(CC(=O)Nc1ccc(-c2ccccc2)cc1)C1CCCC1. The summed E-state index contributed by atoms with van der Waals surface area (Å²) >= 11 is 0. The highest BCUT2D eigenvalue weighted by Crippen LogP contribution is 2.26. The second kappa shape index (κ2) is 7.18. The maximum absolute atomic E-state index is 12.4. The zero-order valence-electron chi connectivity index (χ0n) is 14.7. The minimum absolute atomic E-state index is 0.0966. The van der Waals surface area contributed by atoms with Crippen molar-refractivity contribution >= 4 is 11.6 Å². The summed E-state index contributed by atoms with van der Waals surface area (Å²) in [7, 11) is 4.35. The fourth-order valence-electron chi connectivity index (χ4n) is 3.68. The van der Waals surface area contributed by atoms with Crippen molar-refractivity contribution in [3.05, 3.63) is 54.6 Å². The summed E-state index contributed by atoms with van der Waals surface area (Å²) in [6.07, 6.45) is 5.09. The van der Waals surface area contributed by atoms with E-state index in [2.05, 4.69) is 43.7 Å². The van der Waals surface area contributed by atoms with Crippen LogP contribution in [0.25, 0.3) is 11.1 Å². The monoisotopic (exact) mass is 323 g/mol. The molecule has 0 spiro atoms. The van der Waals surface area contributed by atoms with Crippen molar-refractivity contribution in [1.82, 2.24) is 0 Å². The molecular formula is C21H27N2O+. The van der Waals surface area contributed by atoms with E-state index >= 15 is 0 Å². The first-order chi connectivity index (χ1) is 11.5. The van der Waals surface area contributed by atoms with Crippen molar-refractivity contribution in [3.8, 4) is 11.1 Å². The number of nitrogens with zero attached hydrogens (tertiary/aromatic N) is 1. The molecule has 126 valence electrons. The van der Waals surface area contributed by atoms with Crippen LogP contribution in [0.3, 0.4) is 0 Å². The van der Waals surface area contributed by atoms with Crippen LogP contribution in [0.4, 0.5) is 5.69 Å². The van der Waals surface area contributed by atoms with E-state index in [1.165, 1.54) is 31.2 Å². The third-order valence-electron chi connectivity index (χ3n) is 5.14. The van der Waals surface area contributed by atoms with E-state index in [0.717, 1.165) is 15.7 Å². The molecule has 0 heterocycles. The van der Waals surface area contributed by atoms with Gasteiger partial charge in [0.05, 0.1) is 20.1 Å². The first kappa shape index (κ1) is 16.7. The minimum Gasteiger partial charge on any atom is -0.321 e. The first-order valence-electron chi connectivity index (χ1n) is 8.83. The number of hydrogen-bond acceptors (Lipinski definition) is 1. The summed E-state index contributed by atoms with van der Waals surface area (Å²) in [5.41, 5.74) is 3.22. The number of amides is 1. The molecule has 3 nitrogen and oxygen atoms in total. The molecule has 0 bridgehead atoms. The predicted molar refractivity (Wildman–Crippen MR) is 99.7 cm³/mol. The maximum atomic E-state index is 12.4. The lowest BCUT2D eigenvalue weighted by Gasteiger charge is -2.35. The molecule has 1 amide bonds. The van der Waals surface area contributed by atoms with Gasteiger partial charge in [-0.15, -0.1) is 0 Å². The summed E-state index contributed by atoms with van der Waals surface area (Å²) in [6.45, 7) is 0.533. The number of anilines is 1. The van der Waals surface area contributed by atoms with Crippen LogP contribution >= 0.6 is 0 Å². The number of nitrogens with one attached hydrogen (secondary N) is 1. The normalized spacial score (nSPS) is 15.4. The lowest BCUT2D eigenvalue weighted by atomic mass is 10.1. The highest BCUT2D eigenvalue weighted by molar-refractivity contribution is 5.91. The average molecular weight is 323 g/mol. The predicted octanol–water partition coefficient (Wildman–Crippen LogP) is 4.31. The number of hydrogen-bond donors (Lipinski definition) is 1. The topological polar surface area (TPSA) is 29.1 Å². The molecule has 0 aliphatic heterocycles. The van der Waals surface area contributed by atoms with Gasteiger partial charge >= 0.3 is 0 Å².